The maximum Gasteiger partial charge on any atom is 4.00 e. The Morgan fingerprint density at radius 3 is 1.70 bits per heavy atom. The molecule has 20 heavy (non-hydrogen) atoms. The summed E-state index contributed by atoms with van der Waals surface area (Å²) in [5.74, 6) is 0. The molecule has 0 amide bonds. The van der Waals surface area contributed by atoms with Gasteiger partial charge in [0.15, 0.2) is 0 Å². The number of allylic oxidation sites excluding steroid dienone is 8. The zero-order valence-electron chi connectivity index (χ0n) is 12.5. The van der Waals surface area contributed by atoms with E-state index in [0.29, 0.717) is 0 Å². The number of hydrogen-bond acceptors (Lipinski definition) is 0. The van der Waals surface area contributed by atoms with Gasteiger partial charge in [-0.2, -0.15) is 12.2 Å². The van der Waals surface area contributed by atoms with Crippen LogP contribution < -0.4 is 24.8 Å². The largest absolute Gasteiger partial charge is 4.00 e. The summed E-state index contributed by atoms with van der Waals surface area (Å²) in [5.41, 5.74) is 2.81. The van der Waals surface area contributed by atoms with Crippen LogP contribution in [0.4, 0.5) is 0 Å². The molecule has 0 bridgehead atoms. The van der Waals surface area contributed by atoms with Gasteiger partial charge in [-0.25, -0.2) is 23.3 Å². The summed E-state index contributed by atoms with van der Waals surface area (Å²) in [7, 11) is 0. The SMILES string of the molecule is CCCC1=[C-]CC=C1.CCCCC1=[C-]CC=C1.[Cl-].[Cl-].[Hf+4]. The molecule has 3 heteroatoms. The molecule has 0 atom stereocenters. The first kappa shape index (κ1) is 25.4. The molecule has 0 spiro atoms. The summed E-state index contributed by atoms with van der Waals surface area (Å²) >= 11 is 0. The first-order valence-electron chi connectivity index (χ1n) is 6.89. The van der Waals surface area contributed by atoms with Crippen molar-refractivity contribution in [3.05, 3.63) is 47.6 Å². The van der Waals surface area contributed by atoms with E-state index in [0.717, 1.165) is 12.8 Å². The maximum atomic E-state index is 3.30. The Labute approximate surface area is 156 Å². The Morgan fingerprint density at radius 1 is 0.850 bits per heavy atom. The molecule has 2 aliphatic rings. The van der Waals surface area contributed by atoms with E-state index in [2.05, 4.69) is 50.3 Å². The van der Waals surface area contributed by atoms with Crippen LogP contribution in [0.5, 0.6) is 0 Å². The first-order chi connectivity index (χ1) is 8.36. The minimum Gasteiger partial charge on any atom is -1.00 e. The summed E-state index contributed by atoms with van der Waals surface area (Å²) in [6.07, 6.45) is 23.6. The standard InChI is InChI=1S/C9H13.C8H11.2ClH.Hf/c1-2-3-6-9-7-4-5-8-9;1-2-5-8-6-3-4-7-8;;;/h4,7H,2-3,5-6H2,1H3;3,6H,2,4-5H2,1H3;2*1H;/q2*-1;;;+4/p-2. The van der Waals surface area contributed by atoms with Crippen LogP contribution in [0.2, 0.25) is 0 Å². The van der Waals surface area contributed by atoms with Gasteiger partial charge in [0.05, 0.1) is 0 Å². The normalized spacial score (nSPS) is 14.1. The van der Waals surface area contributed by atoms with Crippen LogP contribution in [0.15, 0.2) is 35.5 Å². The van der Waals surface area contributed by atoms with Crippen molar-refractivity contribution in [1.29, 1.82) is 0 Å². The minimum absolute atomic E-state index is 0. The Hall–Kier alpha value is 0.410. The molecule has 0 saturated heterocycles. The molecule has 2 rings (SSSR count). The van der Waals surface area contributed by atoms with Gasteiger partial charge in [-0.05, 0) is 0 Å². The van der Waals surface area contributed by atoms with Crippen LogP contribution in [0, 0.1) is 12.2 Å². The molecule has 0 aromatic carbocycles. The van der Waals surface area contributed by atoms with E-state index in [-0.39, 0.29) is 50.7 Å². The first-order valence-corrected chi connectivity index (χ1v) is 6.89. The molecule has 0 fully saturated rings. The van der Waals surface area contributed by atoms with Crippen molar-refractivity contribution in [1.82, 2.24) is 0 Å². The van der Waals surface area contributed by atoms with E-state index < -0.39 is 0 Å². The van der Waals surface area contributed by atoms with Crippen molar-refractivity contribution in [2.45, 2.75) is 58.8 Å². The molecule has 0 saturated carbocycles. The van der Waals surface area contributed by atoms with Gasteiger partial charge in [0.25, 0.3) is 0 Å². The van der Waals surface area contributed by atoms with Gasteiger partial charge in [-0.15, -0.1) is 12.8 Å². The molecule has 110 valence electrons. The van der Waals surface area contributed by atoms with Gasteiger partial charge in [-0.1, -0.05) is 46.0 Å². The van der Waals surface area contributed by atoms with Crippen molar-refractivity contribution >= 4 is 0 Å². The zero-order chi connectivity index (χ0) is 12.3. The van der Waals surface area contributed by atoms with E-state index in [4.69, 9.17) is 0 Å². The predicted octanol–water partition coefficient (Wildman–Crippen LogP) is -0.652. The van der Waals surface area contributed by atoms with Crippen molar-refractivity contribution < 1.29 is 50.7 Å². The van der Waals surface area contributed by atoms with Crippen molar-refractivity contribution in [2.24, 2.45) is 0 Å². The fourth-order valence-corrected chi connectivity index (χ4v) is 1.88. The minimum atomic E-state index is 0. The molecular formula is C17H24Cl2Hf. The van der Waals surface area contributed by atoms with Gasteiger partial charge >= 0.3 is 25.8 Å². The van der Waals surface area contributed by atoms with Gasteiger partial charge in [0, 0.05) is 0 Å². The third-order valence-corrected chi connectivity index (χ3v) is 2.85. The molecule has 0 aromatic rings. The van der Waals surface area contributed by atoms with Crippen molar-refractivity contribution in [3.8, 4) is 0 Å². The molecule has 0 radical (unpaired) electrons. The number of hydrogen-bond donors (Lipinski definition) is 0. The second-order valence-corrected chi connectivity index (χ2v) is 4.47. The summed E-state index contributed by atoms with van der Waals surface area (Å²) in [5, 5.41) is 0. The van der Waals surface area contributed by atoms with E-state index >= 15 is 0 Å². The molecule has 0 aliphatic heterocycles. The Kier molecular flexibility index (Phi) is 22.1. The Morgan fingerprint density at radius 2 is 1.35 bits per heavy atom. The summed E-state index contributed by atoms with van der Waals surface area (Å²) in [6, 6.07) is 0. The number of unbranched alkanes of at least 4 members (excludes halogenated alkanes) is 1. The van der Waals surface area contributed by atoms with Gasteiger partial charge < -0.3 is 24.8 Å². The molecule has 0 aromatic heterocycles. The van der Waals surface area contributed by atoms with Gasteiger partial charge in [-0.3, -0.25) is 12.2 Å². The number of rotatable bonds is 5. The monoisotopic (exact) mass is 478 g/mol. The van der Waals surface area contributed by atoms with Crippen LogP contribution in [0.1, 0.15) is 58.8 Å². The van der Waals surface area contributed by atoms with Crippen molar-refractivity contribution in [3.63, 3.8) is 0 Å². The van der Waals surface area contributed by atoms with Crippen LogP contribution >= 0.6 is 0 Å². The van der Waals surface area contributed by atoms with Gasteiger partial charge in [0.2, 0.25) is 0 Å². The second-order valence-electron chi connectivity index (χ2n) is 4.47. The van der Waals surface area contributed by atoms with Crippen molar-refractivity contribution in [2.75, 3.05) is 0 Å². The van der Waals surface area contributed by atoms with Gasteiger partial charge in [0.1, 0.15) is 0 Å². The molecule has 2 aliphatic carbocycles. The molecule has 0 heterocycles. The second kappa shape index (κ2) is 17.5. The van der Waals surface area contributed by atoms with E-state index in [1.165, 1.54) is 43.3 Å². The average molecular weight is 478 g/mol. The summed E-state index contributed by atoms with van der Waals surface area (Å²) in [4.78, 5) is 0. The predicted molar refractivity (Wildman–Crippen MR) is 75.5 cm³/mol. The Bertz CT molecular complexity index is 328. The molecular weight excluding hydrogens is 454 g/mol. The quantitative estimate of drug-likeness (QED) is 0.365. The molecule has 0 unspecified atom stereocenters. The van der Waals surface area contributed by atoms with Crippen LogP contribution in [0.3, 0.4) is 0 Å². The summed E-state index contributed by atoms with van der Waals surface area (Å²) in [6.45, 7) is 4.42. The van der Waals surface area contributed by atoms with E-state index in [9.17, 15) is 0 Å². The molecule has 0 N–H and O–H groups in total. The van der Waals surface area contributed by atoms with E-state index in [1.807, 2.05) is 0 Å². The van der Waals surface area contributed by atoms with E-state index in [1.54, 1.807) is 0 Å². The third-order valence-electron chi connectivity index (χ3n) is 2.85. The Balaban J connectivity index is -0.000000252. The smallest absolute Gasteiger partial charge is 1.00 e. The molecule has 0 nitrogen and oxygen atoms in total. The number of halogens is 2. The average Bonchev–Trinajstić information content (AvgIpc) is 3.00. The van der Waals surface area contributed by atoms with Crippen LogP contribution in [0.25, 0.3) is 0 Å². The zero-order valence-corrected chi connectivity index (χ0v) is 17.6. The summed E-state index contributed by atoms with van der Waals surface area (Å²) < 4.78 is 0. The third kappa shape index (κ3) is 12.2. The maximum absolute atomic E-state index is 3.30. The van der Waals surface area contributed by atoms with Crippen LogP contribution in [-0.2, 0) is 25.8 Å². The van der Waals surface area contributed by atoms with Crippen LogP contribution in [-0.4, -0.2) is 0 Å². The topological polar surface area (TPSA) is 0 Å². The fraction of sp³-hybridized carbons (Fsp3) is 0.529. The fourth-order valence-electron chi connectivity index (χ4n) is 1.88.